The van der Waals surface area contributed by atoms with Crippen LogP contribution in [0.15, 0.2) is 35.8 Å². The summed E-state index contributed by atoms with van der Waals surface area (Å²) >= 11 is 1.51. The van der Waals surface area contributed by atoms with E-state index in [0.29, 0.717) is 11.4 Å². The number of thiazole rings is 1. The molecule has 0 spiro atoms. The van der Waals surface area contributed by atoms with Crippen LogP contribution in [0.2, 0.25) is 0 Å². The van der Waals surface area contributed by atoms with E-state index in [2.05, 4.69) is 15.6 Å². The van der Waals surface area contributed by atoms with E-state index in [1.165, 1.54) is 11.3 Å². The molecule has 1 aromatic carbocycles. The zero-order valence-corrected chi connectivity index (χ0v) is 11.6. The molecule has 0 bridgehead atoms. The van der Waals surface area contributed by atoms with Gasteiger partial charge in [0.2, 0.25) is 0 Å². The molecule has 5 nitrogen and oxygen atoms in total. The quantitative estimate of drug-likeness (QED) is 0.754. The van der Waals surface area contributed by atoms with E-state index >= 15 is 0 Å². The van der Waals surface area contributed by atoms with Gasteiger partial charge in [-0.1, -0.05) is 6.07 Å². The molecule has 0 radical (unpaired) electrons. The van der Waals surface area contributed by atoms with E-state index in [9.17, 15) is 4.79 Å². The highest BCUT2D eigenvalue weighted by molar-refractivity contribution is 7.09. The lowest BCUT2D eigenvalue weighted by molar-refractivity contribution is 0.242. The van der Waals surface area contributed by atoms with E-state index < -0.39 is 5.54 Å². The molecule has 0 saturated heterocycles. The fraction of sp³-hybridized carbons (Fsp3) is 0.231. The summed E-state index contributed by atoms with van der Waals surface area (Å²) in [7, 11) is 0. The Hall–Kier alpha value is -2.08. The second-order valence-corrected chi connectivity index (χ2v) is 5.56. The molecule has 6 heteroatoms. The summed E-state index contributed by atoms with van der Waals surface area (Å²) in [6.07, 6.45) is 1.72. The van der Waals surface area contributed by atoms with Crippen LogP contribution in [0.4, 0.5) is 16.2 Å². The summed E-state index contributed by atoms with van der Waals surface area (Å²) in [5.74, 6) is 0. The van der Waals surface area contributed by atoms with Crippen LogP contribution in [-0.2, 0) is 5.54 Å². The highest BCUT2D eigenvalue weighted by Gasteiger charge is 2.25. The molecule has 19 heavy (non-hydrogen) atoms. The van der Waals surface area contributed by atoms with Gasteiger partial charge in [0, 0.05) is 23.0 Å². The summed E-state index contributed by atoms with van der Waals surface area (Å²) < 4.78 is 0. The summed E-state index contributed by atoms with van der Waals surface area (Å²) in [6.45, 7) is 3.82. The van der Waals surface area contributed by atoms with Gasteiger partial charge in [-0.15, -0.1) is 11.3 Å². The Balaban J connectivity index is 2.02. The fourth-order valence-electron chi connectivity index (χ4n) is 1.65. The van der Waals surface area contributed by atoms with Crippen LogP contribution in [0.3, 0.4) is 0 Å². The van der Waals surface area contributed by atoms with Crippen LogP contribution in [0.1, 0.15) is 18.9 Å². The van der Waals surface area contributed by atoms with Crippen molar-refractivity contribution in [3.63, 3.8) is 0 Å². The Bertz CT molecular complexity index is 566. The summed E-state index contributed by atoms with van der Waals surface area (Å²) in [6, 6.07) is 6.76. The van der Waals surface area contributed by atoms with E-state index in [0.717, 1.165) is 5.01 Å². The zero-order chi connectivity index (χ0) is 13.9. The molecule has 2 rings (SSSR count). The Morgan fingerprint density at radius 3 is 2.84 bits per heavy atom. The summed E-state index contributed by atoms with van der Waals surface area (Å²) in [4.78, 5) is 16.2. The molecule has 0 aliphatic carbocycles. The average molecular weight is 276 g/mol. The standard InChI is InChI=1S/C13H16N4OS/c1-13(2,11-15-6-7-19-11)17-12(18)16-10-5-3-4-9(14)8-10/h3-8H,14H2,1-2H3,(H2,16,17,18). The molecule has 100 valence electrons. The number of carbonyl (C=O) groups excluding carboxylic acids is 1. The molecule has 2 aromatic rings. The van der Waals surface area contributed by atoms with Crippen LogP contribution >= 0.6 is 11.3 Å². The first-order valence-electron chi connectivity index (χ1n) is 5.82. The number of anilines is 2. The van der Waals surface area contributed by atoms with Crippen molar-refractivity contribution in [1.82, 2.24) is 10.3 Å². The Labute approximate surface area is 115 Å². The number of hydrogen-bond acceptors (Lipinski definition) is 4. The maximum Gasteiger partial charge on any atom is 0.319 e. The van der Waals surface area contributed by atoms with Crippen molar-refractivity contribution in [3.05, 3.63) is 40.8 Å². The fourth-order valence-corrected chi connectivity index (χ4v) is 2.37. The minimum atomic E-state index is -0.515. The molecule has 0 unspecified atom stereocenters. The molecule has 0 aliphatic rings. The van der Waals surface area contributed by atoms with Crippen molar-refractivity contribution in [2.45, 2.75) is 19.4 Å². The average Bonchev–Trinajstić information content (AvgIpc) is 2.81. The van der Waals surface area contributed by atoms with E-state index in [1.807, 2.05) is 19.2 Å². The van der Waals surface area contributed by atoms with Crippen LogP contribution in [0.25, 0.3) is 0 Å². The number of urea groups is 1. The number of nitrogen functional groups attached to an aromatic ring is 1. The minimum Gasteiger partial charge on any atom is -0.399 e. The van der Waals surface area contributed by atoms with Gasteiger partial charge in [-0.05, 0) is 32.0 Å². The maximum absolute atomic E-state index is 11.9. The highest BCUT2D eigenvalue weighted by Crippen LogP contribution is 2.22. The zero-order valence-electron chi connectivity index (χ0n) is 10.8. The van der Waals surface area contributed by atoms with Crippen molar-refractivity contribution < 1.29 is 4.79 Å². The number of nitrogens with two attached hydrogens (primary N) is 1. The number of nitrogens with zero attached hydrogens (tertiary/aromatic N) is 1. The van der Waals surface area contributed by atoms with Crippen molar-refractivity contribution in [2.24, 2.45) is 0 Å². The van der Waals surface area contributed by atoms with Crippen LogP contribution in [0.5, 0.6) is 0 Å². The lowest BCUT2D eigenvalue weighted by Crippen LogP contribution is -2.43. The number of rotatable bonds is 3. The number of aromatic nitrogens is 1. The monoisotopic (exact) mass is 276 g/mol. The third-order valence-corrected chi connectivity index (χ3v) is 3.63. The van der Waals surface area contributed by atoms with Crippen molar-refractivity contribution >= 4 is 28.7 Å². The topological polar surface area (TPSA) is 80.0 Å². The first-order chi connectivity index (χ1) is 8.97. The number of amides is 2. The molecule has 0 atom stereocenters. The Kier molecular flexibility index (Phi) is 3.71. The first kappa shape index (κ1) is 13.4. The number of carbonyl (C=O) groups is 1. The van der Waals surface area contributed by atoms with Crippen LogP contribution in [-0.4, -0.2) is 11.0 Å². The molecule has 0 saturated carbocycles. The van der Waals surface area contributed by atoms with Gasteiger partial charge in [0.1, 0.15) is 5.01 Å². The number of benzene rings is 1. The predicted octanol–water partition coefficient (Wildman–Crippen LogP) is 2.78. The summed E-state index contributed by atoms with van der Waals surface area (Å²) in [5, 5.41) is 8.37. The predicted molar refractivity (Wildman–Crippen MR) is 78.1 cm³/mol. The number of hydrogen-bond donors (Lipinski definition) is 3. The normalized spacial score (nSPS) is 11.1. The van der Waals surface area contributed by atoms with Crippen molar-refractivity contribution in [1.29, 1.82) is 0 Å². The van der Waals surface area contributed by atoms with Gasteiger partial charge in [-0.3, -0.25) is 0 Å². The van der Waals surface area contributed by atoms with Gasteiger partial charge in [0.05, 0.1) is 5.54 Å². The van der Waals surface area contributed by atoms with Gasteiger partial charge in [-0.25, -0.2) is 9.78 Å². The Morgan fingerprint density at radius 1 is 1.42 bits per heavy atom. The third kappa shape index (κ3) is 3.45. The molecular formula is C13H16N4OS. The minimum absolute atomic E-state index is 0.286. The van der Waals surface area contributed by atoms with E-state index in [1.54, 1.807) is 30.5 Å². The maximum atomic E-state index is 11.9. The highest BCUT2D eigenvalue weighted by atomic mass is 32.1. The Morgan fingerprint density at radius 2 is 2.21 bits per heavy atom. The van der Waals surface area contributed by atoms with E-state index in [4.69, 9.17) is 5.73 Å². The van der Waals surface area contributed by atoms with Crippen LogP contribution < -0.4 is 16.4 Å². The third-order valence-electron chi connectivity index (χ3n) is 2.54. The molecule has 0 fully saturated rings. The van der Waals surface area contributed by atoms with Crippen molar-refractivity contribution in [3.8, 4) is 0 Å². The molecule has 1 heterocycles. The van der Waals surface area contributed by atoms with Crippen LogP contribution in [0, 0.1) is 0 Å². The lowest BCUT2D eigenvalue weighted by atomic mass is 10.1. The van der Waals surface area contributed by atoms with Gasteiger partial charge in [-0.2, -0.15) is 0 Å². The van der Waals surface area contributed by atoms with Gasteiger partial charge < -0.3 is 16.4 Å². The van der Waals surface area contributed by atoms with Gasteiger partial charge in [0.25, 0.3) is 0 Å². The largest absolute Gasteiger partial charge is 0.399 e. The van der Waals surface area contributed by atoms with Crippen molar-refractivity contribution in [2.75, 3.05) is 11.1 Å². The first-order valence-corrected chi connectivity index (χ1v) is 6.70. The smallest absolute Gasteiger partial charge is 0.319 e. The van der Waals surface area contributed by atoms with Gasteiger partial charge >= 0.3 is 6.03 Å². The lowest BCUT2D eigenvalue weighted by Gasteiger charge is -2.24. The van der Waals surface area contributed by atoms with E-state index in [-0.39, 0.29) is 6.03 Å². The molecule has 1 aromatic heterocycles. The molecular weight excluding hydrogens is 260 g/mol. The van der Waals surface area contributed by atoms with Gasteiger partial charge in [0.15, 0.2) is 0 Å². The molecule has 4 N–H and O–H groups in total. The molecule has 0 aliphatic heterocycles. The molecule has 2 amide bonds. The number of nitrogens with one attached hydrogen (secondary N) is 2. The SMILES string of the molecule is CC(C)(NC(=O)Nc1cccc(N)c1)c1nccs1. The second kappa shape index (κ2) is 5.27. The summed E-state index contributed by atoms with van der Waals surface area (Å²) in [5.41, 5.74) is 6.41. The second-order valence-electron chi connectivity index (χ2n) is 4.67.